The number of aromatic nitrogens is 2. The van der Waals surface area contributed by atoms with E-state index >= 15 is 0 Å². The molecule has 1 aromatic heterocycles. The molecule has 9 heavy (non-hydrogen) atoms. The van der Waals surface area contributed by atoms with Crippen LogP contribution in [0.4, 0.5) is 13.2 Å². The van der Waals surface area contributed by atoms with Crippen molar-refractivity contribution in [3.05, 3.63) is 18.7 Å². The Hall–Kier alpha value is -1.00. The molecule has 0 N–H and O–H groups in total. The summed E-state index contributed by atoms with van der Waals surface area (Å²) in [7, 11) is 0. The highest BCUT2D eigenvalue weighted by molar-refractivity contribution is 4.75. The number of hydrogen-bond acceptors (Lipinski definition) is 1. The summed E-state index contributed by atoms with van der Waals surface area (Å²) in [6.07, 6.45) is -1.69. The second-order valence-electron chi connectivity index (χ2n) is 1.44. The van der Waals surface area contributed by atoms with Crippen molar-refractivity contribution in [2.24, 2.45) is 0 Å². The van der Waals surface area contributed by atoms with Crippen LogP contribution in [0.2, 0.25) is 0 Å². The molecule has 1 heterocycles. The van der Waals surface area contributed by atoms with Gasteiger partial charge < -0.3 is 0 Å². The van der Waals surface area contributed by atoms with Crippen LogP contribution in [0.5, 0.6) is 0 Å². The molecule has 0 saturated heterocycles. The lowest BCUT2D eigenvalue weighted by Crippen LogP contribution is -2.13. The fourth-order valence-electron chi connectivity index (χ4n) is 0.409. The van der Waals surface area contributed by atoms with E-state index in [1.165, 1.54) is 0 Å². The molecule has 0 fully saturated rings. The van der Waals surface area contributed by atoms with E-state index in [0.29, 0.717) is 6.33 Å². The maximum Gasteiger partial charge on any atom is 0.489 e. The zero-order valence-electron chi connectivity index (χ0n) is 4.26. The van der Waals surface area contributed by atoms with Crippen LogP contribution >= 0.6 is 0 Å². The third kappa shape index (κ3) is 1.22. The molecule has 0 aromatic carbocycles. The average Bonchev–Trinajstić information content (AvgIpc) is 2.08. The molecule has 0 aliphatic carbocycles. The van der Waals surface area contributed by atoms with Crippen molar-refractivity contribution in [2.45, 2.75) is 6.30 Å². The van der Waals surface area contributed by atoms with Gasteiger partial charge in [0.25, 0.3) is 0 Å². The number of alkyl halides is 3. The van der Waals surface area contributed by atoms with Gasteiger partial charge in [-0.25, -0.2) is 9.55 Å². The minimum atomic E-state index is -4.32. The lowest BCUT2D eigenvalue weighted by Gasteiger charge is -2.03. The fraction of sp³-hybridized carbons (Fsp3) is 0.250. The molecule has 0 amide bonds. The number of halogens is 3. The molecule has 0 radical (unpaired) electrons. The molecule has 0 bridgehead atoms. The van der Waals surface area contributed by atoms with E-state index in [1.54, 1.807) is 0 Å². The highest BCUT2D eigenvalue weighted by Crippen LogP contribution is 2.20. The Bertz CT molecular complexity index is 176. The second-order valence-corrected chi connectivity index (χ2v) is 1.44. The average molecular weight is 136 g/mol. The van der Waals surface area contributed by atoms with Gasteiger partial charge in [0.05, 0.1) is 0 Å². The Morgan fingerprint density at radius 2 is 2.00 bits per heavy atom. The van der Waals surface area contributed by atoms with Crippen molar-refractivity contribution < 1.29 is 13.2 Å². The minimum absolute atomic E-state index is 0.0764. The molecule has 5 heteroatoms. The molecule has 0 saturated carbocycles. The third-order valence-corrected chi connectivity index (χ3v) is 0.797. The maximum atomic E-state index is 11.5. The summed E-state index contributed by atoms with van der Waals surface area (Å²) in [6, 6.07) is 0. The SMILES string of the molecule is FC(F)(F)n1ccnc1. The Labute approximate surface area is 48.9 Å². The van der Waals surface area contributed by atoms with Crippen LogP contribution in [0, 0.1) is 0 Å². The Kier molecular flexibility index (Phi) is 1.19. The van der Waals surface area contributed by atoms with Gasteiger partial charge in [0, 0.05) is 12.4 Å². The van der Waals surface area contributed by atoms with E-state index in [4.69, 9.17) is 0 Å². The summed E-state index contributed by atoms with van der Waals surface area (Å²) in [6.45, 7) is 0. The van der Waals surface area contributed by atoms with E-state index < -0.39 is 6.30 Å². The van der Waals surface area contributed by atoms with Crippen LogP contribution < -0.4 is 0 Å². The first-order chi connectivity index (χ1) is 4.11. The van der Waals surface area contributed by atoms with Gasteiger partial charge in [0.1, 0.15) is 6.33 Å². The molecule has 2 nitrogen and oxygen atoms in total. The zero-order valence-corrected chi connectivity index (χ0v) is 4.26. The molecule has 50 valence electrons. The smallest absolute Gasteiger partial charge is 0.248 e. The van der Waals surface area contributed by atoms with Crippen molar-refractivity contribution in [1.29, 1.82) is 0 Å². The molecule has 0 unspecified atom stereocenters. The molecule has 1 aromatic rings. The largest absolute Gasteiger partial charge is 0.489 e. The predicted molar refractivity (Wildman–Crippen MR) is 23.5 cm³/mol. The molecule has 0 aliphatic heterocycles. The summed E-state index contributed by atoms with van der Waals surface area (Å²) in [4.78, 5) is 3.23. The standard InChI is InChI=1S/C4H3F3N2/c5-4(6,7)9-2-1-8-3-9/h1-3H. The Morgan fingerprint density at radius 3 is 2.22 bits per heavy atom. The number of imidazole rings is 1. The first-order valence-electron chi connectivity index (χ1n) is 2.16. The molecular weight excluding hydrogens is 133 g/mol. The fourth-order valence-corrected chi connectivity index (χ4v) is 0.409. The van der Waals surface area contributed by atoms with Crippen LogP contribution in [0.1, 0.15) is 0 Å². The minimum Gasteiger partial charge on any atom is -0.248 e. The number of hydrogen-bond donors (Lipinski definition) is 0. The van der Waals surface area contributed by atoms with Crippen molar-refractivity contribution >= 4 is 0 Å². The monoisotopic (exact) mass is 136 g/mol. The zero-order chi connectivity index (χ0) is 6.91. The molecule has 1 rings (SSSR count). The highest BCUT2D eigenvalue weighted by atomic mass is 19.4. The molecular formula is C4H3F3N2. The van der Waals surface area contributed by atoms with Crippen LogP contribution in [-0.4, -0.2) is 9.55 Å². The summed E-state index contributed by atoms with van der Waals surface area (Å²) in [5, 5.41) is 0. The van der Waals surface area contributed by atoms with Crippen LogP contribution in [0.25, 0.3) is 0 Å². The Balaban J connectivity index is 2.90. The molecule has 0 atom stereocenters. The van der Waals surface area contributed by atoms with E-state index in [0.717, 1.165) is 12.4 Å². The van der Waals surface area contributed by atoms with Crippen molar-refractivity contribution in [3.63, 3.8) is 0 Å². The third-order valence-electron chi connectivity index (χ3n) is 0.797. The van der Waals surface area contributed by atoms with Gasteiger partial charge >= 0.3 is 6.30 Å². The lowest BCUT2D eigenvalue weighted by atomic mass is 10.9. The van der Waals surface area contributed by atoms with Crippen LogP contribution in [0.3, 0.4) is 0 Å². The van der Waals surface area contributed by atoms with Gasteiger partial charge in [-0.2, -0.15) is 0 Å². The number of rotatable bonds is 0. The van der Waals surface area contributed by atoms with Crippen molar-refractivity contribution in [3.8, 4) is 0 Å². The van der Waals surface area contributed by atoms with Gasteiger partial charge in [0.2, 0.25) is 0 Å². The first kappa shape index (κ1) is 6.12. The van der Waals surface area contributed by atoms with Crippen molar-refractivity contribution in [1.82, 2.24) is 9.55 Å². The number of nitrogens with zero attached hydrogens (tertiary/aromatic N) is 2. The highest BCUT2D eigenvalue weighted by Gasteiger charge is 2.29. The van der Waals surface area contributed by atoms with Crippen LogP contribution in [-0.2, 0) is 6.30 Å². The van der Waals surface area contributed by atoms with Crippen molar-refractivity contribution in [2.75, 3.05) is 0 Å². The second kappa shape index (κ2) is 1.75. The molecule has 0 spiro atoms. The van der Waals surface area contributed by atoms with Gasteiger partial charge in [-0.1, -0.05) is 0 Å². The van der Waals surface area contributed by atoms with Gasteiger partial charge in [0.15, 0.2) is 0 Å². The van der Waals surface area contributed by atoms with E-state index in [2.05, 4.69) is 4.98 Å². The quantitative estimate of drug-likeness (QED) is 0.526. The summed E-state index contributed by atoms with van der Waals surface area (Å²) < 4.78 is 34.7. The maximum absolute atomic E-state index is 11.5. The summed E-state index contributed by atoms with van der Waals surface area (Å²) >= 11 is 0. The van der Waals surface area contributed by atoms with E-state index in [1.807, 2.05) is 0 Å². The topological polar surface area (TPSA) is 17.8 Å². The summed E-state index contributed by atoms with van der Waals surface area (Å²) in [5.74, 6) is 0. The van der Waals surface area contributed by atoms with Crippen LogP contribution in [0.15, 0.2) is 18.7 Å². The normalized spacial score (nSPS) is 11.9. The predicted octanol–water partition coefficient (Wildman–Crippen LogP) is 1.36. The van der Waals surface area contributed by atoms with Gasteiger partial charge in [-0.3, -0.25) is 0 Å². The Morgan fingerprint density at radius 1 is 1.33 bits per heavy atom. The van der Waals surface area contributed by atoms with E-state index in [-0.39, 0.29) is 4.57 Å². The molecule has 0 aliphatic rings. The summed E-state index contributed by atoms with van der Waals surface area (Å²) in [5.41, 5.74) is 0. The lowest BCUT2D eigenvalue weighted by molar-refractivity contribution is -0.204. The first-order valence-corrected chi connectivity index (χ1v) is 2.16. The van der Waals surface area contributed by atoms with Gasteiger partial charge in [-0.15, -0.1) is 13.2 Å². The van der Waals surface area contributed by atoms with E-state index in [9.17, 15) is 13.2 Å². The van der Waals surface area contributed by atoms with Gasteiger partial charge in [-0.05, 0) is 0 Å².